The second kappa shape index (κ2) is 7.09. The molecule has 1 amide bonds. The van der Waals surface area contributed by atoms with Gasteiger partial charge in [-0.25, -0.2) is 0 Å². The first-order valence-corrected chi connectivity index (χ1v) is 7.89. The van der Waals surface area contributed by atoms with Crippen LogP contribution in [0.4, 0.5) is 0 Å². The predicted octanol–water partition coefficient (Wildman–Crippen LogP) is 2.62. The van der Waals surface area contributed by atoms with Crippen LogP contribution in [0, 0.1) is 5.92 Å². The first-order chi connectivity index (χ1) is 9.61. The number of amides is 1. The SMILES string of the molecule is CCNCC1CCN(C(=O)c2ccc(Br)c(O)c2)CC1. The molecule has 1 heterocycles. The van der Waals surface area contributed by atoms with E-state index in [9.17, 15) is 9.90 Å². The maximum Gasteiger partial charge on any atom is 0.253 e. The fourth-order valence-electron chi connectivity index (χ4n) is 2.52. The highest BCUT2D eigenvalue weighted by Crippen LogP contribution is 2.26. The lowest BCUT2D eigenvalue weighted by atomic mass is 9.96. The number of hydrogen-bond donors (Lipinski definition) is 2. The van der Waals surface area contributed by atoms with Crippen LogP contribution in [0.25, 0.3) is 0 Å². The third-order valence-electron chi connectivity index (χ3n) is 3.78. The molecule has 0 aromatic heterocycles. The maximum absolute atomic E-state index is 12.4. The summed E-state index contributed by atoms with van der Waals surface area (Å²) in [5.74, 6) is 0.782. The first kappa shape index (κ1) is 15.3. The first-order valence-electron chi connectivity index (χ1n) is 7.10. The molecule has 0 saturated carbocycles. The molecule has 0 unspecified atom stereocenters. The van der Waals surface area contributed by atoms with E-state index in [-0.39, 0.29) is 11.7 Å². The second-order valence-electron chi connectivity index (χ2n) is 5.21. The van der Waals surface area contributed by atoms with Crippen molar-refractivity contribution in [2.24, 2.45) is 5.92 Å². The molecule has 20 heavy (non-hydrogen) atoms. The number of rotatable bonds is 4. The third-order valence-corrected chi connectivity index (χ3v) is 4.45. The number of phenolic OH excluding ortho intramolecular Hbond substituents is 1. The number of hydrogen-bond acceptors (Lipinski definition) is 3. The lowest BCUT2D eigenvalue weighted by Gasteiger charge is -2.32. The number of nitrogens with one attached hydrogen (secondary N) is 1. The van der Waals surface area contributed by atoms with Gasteiger partial charge < -0.3 is 15.3 Å². The van der Waals surface area contributed by atoms with Crippen molar-refractivity contribution in [1.82, 2.24) is 10.2 Å². The van der Waals surface area contributed by atoms with Crippen LogP contribution in [-0.4, -0.2) is 42.1 Å². The Hall–Kier alpha value is -1.07. The highest BCUT2D eigenvalue weighted by molar-refractivity contribution is 9.10. The van der Waals surface area contributed by atoms with Crippen molar-refractivity contribution < 1.29 is 9.90 Å². The standard InChI is InChI=1S/C15H21BrN2O2/c1-2-17-10-11-5-7-18(8-6-11)15(20)12-3-4-13(16)14(19)9-12/h3-4,9,11,17,19H,2,5-8,10H2,1H3. The zero-order valence-corrected chi connectivity index (χ0v) is 13.3. The van der Waals surface area contributed by atoms with E-state index in [1.807, 2.05) is 4.90 Å². The lowest BCUT2D eigenvalue weighted by Crippen LogP contribution is -2.40. The van der Waals surface area contributed by atoms with Crippen LogP contribution < -0.4 is 5.32 Å². The van der Waals surface area contributed by atoms with Gasteiger partial charge in [0, 0.05) is 18.7 Å². The van der Waals surface area contributed by atoms with Crippen molar-refractivity contribution in [3.63, 3.8) is 0 Å². The molecule has 2 rings (SSSR count). The highest BCUT2D eigenvalue weighted by Gasteiger charge is 2.23. The Morgan fingerprint density at radius 3 is 2.75 bits per heavy atom. The molecule has 1 aliphatic heterocycles. The van der Waals surface area contributed by atoms with Gasteiger partial charge in [0.2, 0.25) is 0 Å². The zero-order chi connectivity index (χ0) is 14.5. The van der Waals surface area contributed by atoms with Gasteiger partial charge in [-0.05, 0) is 66.0 Å². The molecule has 0 spiro atoms. The number of likely N-dealkylation sites (tertiary alicyclic amines) is 1. The minimum absolute atomic E-state index is 0.00898. The summed E-state index contributed by atoms with van der Waals surface area (Å²) in [6, 6.07) is 4.98. The molecule has 1 fully saturated rings. The normalized spacial score (nSPS) is 16.4. The Kier molecular flexibility index (Phi) is 5.43. The molecular weight excluding hydrogens is 320 g/mol. The summed E-state index contributed by atoms with van der Waals surface area (Å²) in [6.45, 7) is 5.74. The van der Waals surface area contributed by atoms with E-state index in [0.29, 0.717) is 16.0 Å². The van der Waals surface area contributed by atoms with Gasteiger partial charge in [0.1, 0.15) is 5.75 Å². The average molecular weight is 341 g/mol. The molecule has 0 bridgehead atoms. The van der Waals surface area contributed by atoms with Crippen LogP contribution in [0.5, 0.6) is 5.75 Å². The zero-order valence-electron chi connectivity index (χ0n) is 11.7. The Labute approximate surface area is 128 Å². The number of phenols is 1. The molecule has 1 aromatic carbocycles. The predicted molar refractivity (Wildman–Crippen MR) is 83.0 cm³/mol. The fourth-order valence-corrected chi connectivity index (χ4v) is 2.76. The van der Waals surface area contributed by atoms with Crippen molar-refractivity contribution in [3.05, 3.63) is 28.2 Å². The topological polar surface area (TPSA) is 52.6 Å². The number of carbonyl (C=O) groups is 1. The molecule has 0 radical (unpaired) electrons. The van der Waals surface area contributed by atoms with Crippen molar-refractivity contribution in [1.29, 1.82) is 0 Å². The van der Waals surface area contributed by atoms with Crippen molar-refractivity contribution in [2.45, 2.75) is 19.8 Å². The molecule has 2 N–H and O–H groups in total. The van der Waals surface area contributed by atoms with Crippen molar-refractivity contribution in [3.8, 4) is 5.75 Å². The van der Waals surface area contributed by atoms with Crippen molar-refractivity contribution in [2.75, 3.05) is 26.2 Å². The Balaban J connectivity index is 1.92. The van der Waals surface area contributed by atoms with Gasteiger partial charge in [-0.1, -0.05) is 6.92 Å². The number of halogens is 1. The smallest absolute Gasteiger partial charge is 0.253 e. The van der Waals surface area contributed by atoms with Gasteiger partial charge in [-0.3, -0.25) is 4.79 Å². The molecule has 110 valence electrons. The Morgan fingerprint density at radius 1 is 1.45 bits per heavy atom. The summed E-state index contributed by atoms with van der Waals surface area (Å²) < 4.78 is 0.610. The average Bonchev–Trinajstić information content (AvgIpc) is 2.48. The number of aromatic hydroxyl groups is 1. The highest BCUT2D eigenvalue weighted by atomic mass is 79.9. The van der Waals surface area contributed by atoms with Gasteiger partial charge in [0.25, 0.3) is 5.91 Å². The third kappa shape index (κ3) is 3.73. The number of nitrogens with zero attached hydrogens (tertiary/aromatic N) is 1. The number of benzene rings is 1. The van der Waals surface area contributed by atoms with Crippen LogP contribution >= 0.6 is 15.9 Å². The van der Waals surface area contributed by atoms with E-state index < -0.39 is 0 Å². The molecule has 1 aliphatic rings. The summed E-state index contributed by atoms with van der Waals surface area (Å²) in [7, 11) is 0. The number of carbonyl (C=O) groups excluding carboxylic acids is 1. The summed E-state index contributed by atoms with van der Waals surface area (Å²) in [5, 5.41) is 13.0. The Morgan fingerprint density at radius 2 is 2.15 bits per heavy atom. The second-order valence-corrected chi connectivity index (χ2v) is 6.06. The van der Waals surface area contributed by atoms with Crippen LogP contribution in [0.3, 0.4) is 0 Å². The summed E-state index contributed by atoms with van der Waals surface area (Å²) in [6.07, 6.45) is 2.09. The monoisotopic (exact) mass is 340 g/mol. The van der Waals surface area contributed by atoms with Gasteiger partial charge in [-0.2, -0.15) is 0 Å². The molecule has 1 aromatic rings. The van der Waals surface area contributed by atoms with Gasteiger partial charge in [0.15, 0.2) is 0 Å². The molecule has 5 heteroatoms. The molecule has 1 saturated heterocycles. The molecular formula is C15H21BrN2O2. The van der Waals surface area contributed by atoms with Crippen molar-refractivity contribution >= 4 is 21.8 Å². The molecule has 0 aliphatic carbocycles. The van der Waals surface area contributed by atoms with E-state index in [4.69, 9.17) is 0 Å². The van der Waals surface area contributed by atoms with Gasteiger partial charge >= 0.3 is 0 Å². The number of piperidine rings is 1. The minimum Gasteiger partial charge on any atom is -0.507 e. The van der Waals surface area contributed by atoms with Crippen LogP contribution in [0.15, 0.2) is 22.7 Å². The maximum atomic E-state index is 12.4. The fraction of sp³-hybridized carbons (Fsp3) is 0.533. The van der Waals surface area contributed by atoms with Gasteiger partial charge in [-0.15, -0.1) is 0 Å². The largest absolute Gasteiger partial charge is 0.507 e. The lowest BCUT2D eigenvalue weighted by molar-refractivity contribution is 0.0690. The summed E-state index contributed by atoms with van der Waals surface area (Å²) in [5.41, 5.74) is 0.552. The summed E-state index contributed by atoms with van der Waals surface area (Å²) in [4.78, 5) is 14.2. The van der Waals surface area contributed by atoms with E-state index >= 15 is 0 Å². The van der Waals surface area contributed by atoms with Gasteiger partial charge in [0.05, 0.1) is 4.47 Å². The summed E-state index contributed by atoms with van der Waals surface area (Å²) >= 11 is 3.22. The van der Waals surface area contributed by atoms with E-state index in [2.05, 4.69) is 28.2 Å². The van der Waals surface area contributed by atoms with E-state index in [1.165, 1.54) is 6.07 Å². The van der Waals surface area contributed by atoms with Crippen LogP contribution in [0.2, 0.25) is 0 Å². The minimum atomic E-state index is 0.00898. The molecule has 4 nitrogen and oxygen atoms in total. The molecule has 0 atom stereocenters. The quantitative estimate of drug-likeness (QED) is 0.885. The van der Waals surface area contributed by atoms with Crippen LogP contribution in [0.1, 0.15) is 30.1 Å². The van der Waals surface area contributed by atoms with E-state index in [1.54, 1.807) is 12.1 Å². The Bertz CT molecular complexity index is 471. The van der Waals surface area contributed by atoms with Crippen LogP contribution in [-0.2, 0) is 0 Å². The van der Waals surface area contributed by atoms with E-state index in [0.717, 1.165) is 39.0 Å².